The highest BCUT2D eigenvalue weighted by molar-refractivity contribution is 6.41. The van der Waals surface area contributed by atoms with E-state index in [0.29, 0.717) is 26.2 Å². The van der Waals surface area contributed by atoms with Gasteiger partial charge in [-0.05, 0) is 42.3 Å². The van der Waals surface area contributed by atoms with Crippen molar-refractivity contribution >= 4 is 40.8 Å². The van der Waals surface area contributed by atoms with E-state index in [1.54, 1.807) is 30.3 Å². The van der Waals surface area contributed by atoms with Crippen LogP contribution in [0.1, 0.15) is 15.9 Å². The molecule has 2 nitrogen and oxygen atoms in total. The smallest absolute Gasteiger partial charge is 0.335 e. The molecule has 0 radical (unpaired) electrons. The van der Waals surface area contributed by atoms with Gasteiger partial charge < -0.3 is 5.11 Å². The molecular formula is C14H9Cl3O2. The zero-order valence-electron chi connectivity index (χ0n) is 9.88. The molecule has 0 spiro atoms. The van der Waals surface area contributed by atoms with Crippen LogP contribution in [-0.2, 0) is 0 Å². The van der Waals surface area contributed by atoms with Gasteiger partial charge >= 0.3 is 5.97 Å². The van der Waals surface area contributed by atoms with Crippen LogP contribution in [0.25, 0.3) is 11.1 Å². The summed E-state index contributed by atoms with van der Waals surface area (Å²) < 4.78 is 0. The summed E-state index contributed by atoms with van der Waals surface area (Å²) in [6, 6.07) is 7.98. The first-order valence-electron chi connectivity index (χ1n) is 5.39. The highest BCUT2D eigenvalue weighted by atomic mass is 35.5. The second-order valence-electron chi connectivity index (χ2n) is 4.08. The molecule has 2 aromatic rings. The maximum Gasteiger partial charge on any atom is 0.335 e. The minimum Gasteiger partial charge on any atom is -0.478 e. The molecule has 0 saturated carbocycles. The molecule has 0 amide bonds. The first-order valence-corrected chi connectivity index (χ1v) is 6.52. The normalized spacial score (nSPS) is 10.5. The number of aromatic carboxylic acids is 1. The van der Waals surface area contributed by atoms with E-state index in [-0.39, 0.29) is 5.56 Å². The molecule has 2 aromatic carbocycles. The van der Waals surface area contributed by atoms with E-state index in [2.05, 4.69) is 0 Å². The van der Waals surface area contributed by atoms with Crippen molar-refractivity contribution in [3.8, 4) is 11.1 Å². The van der Waals surface area contributed by atoms with E-state index in [1.165, 1.54) is 0 Å². The van der Waals surface area contributed by atoms with Gasteiger partial charge in [0.15, 0.2) is 0 Å². The van der Waals surface area contributed by atoms with E-state index < -0.39 is 5.97 Å². The molecular weight excluding hydrogens is 307 g/mol. The van der Waals surface area contributed by atoms with Crippen LogP contribution in [0, 0.1) is 6.92 Å². The fraction of sp³-hybridized carbons (Fsp3) is 0.0714. The second kappa shape index (κ2) is 5.41. The average molecular weight is 316 g/mol. The molecule has 5 heteroatoms. The van der Waals surface area contributed by atoms with Gasteiger partial charge in [0.2, 0.25) is 0 Å². The van der Waals surface area contributed by atoms with Gasteiger partial charge in [0.05, 0.1) is 15.6 Å². The Hall–Kier alpha value is -1.22. The SMILES string of the molecule is Cc1ccc(C(=O)O)cc1-c1c(Cl)cc(Cl)cc1Cl. The number of halogens is 3. The van der Waals surface area contributed by atoms with Gasteiger partial charge in [-0.15, -0.1) is 0 Å². The summed E-state index contributed by atoms with van der Waals surface area (Å²) in [4.78, 5) is 11.0. The number of hydrogen-bond donors (Lipinski definition) is 1. The second-order valence-corrected chi connectivity index (χ2v) is 5.33. The summed E-state index contributed by atoms with van der Waals surface area (Å²) in [6.07, 6.45) is 0. The van der Waals surface area contributed by atoms with Gasteiger partial charge in [-0.1, -0.05) is 40.9 Å². The number of aryl methyl sites for hydroxylation is 1. The van der Waals surface area contributed by atoms with Crippen molar-refractivity contribution in [2.45, 2.75) is 6.92 Å². The van der Waals surface area contributed by atoms with E-state index >= 15 is 0 Å². The molecule has 1 N–H and O–H groups in total. The number of carboxylic acids is 1. The standard InChI is InChI=1S/C14H9Cl3O2/c1-7-2-3-8(14(18)19)4-10(7)13-11(16)5-9(15)6-12(13)17/h2-6H,1H3,(H,18,19). The van der Waals surface area contributed by atoms with Gasteiger partial charge in [-0.3, -0.25) is 0 Å². The number of carbonyl (C=O) groups is 1. The monoisotopic (exact) mass is 314 g/mol. The molecule has 0 aliphatic rings. The minimum atomic E-state index is -0.998. The number of carboxylic acid groups (broad SMARTS) is 1. The van der Waals surface area contributed by atoms with Crippen molar-refractivity contribution in [2.75, 3.05) is 0 Å². The fourth-order valence-electron chi connectivity index (χ4n) is 1.82. The summed E-state index contributed by atoms with van der Waals surface area (Å²) in [6.45, 7) is 1.86. The van der Waals surface area contributed by atoms with Crippen LogP contribution in [0.2, 0.25) is 15.1 Å². The number of benzene rings is 2. The Kier molecular flexibility index (Phi) is 4.04. The zero-order valence-corrected chi connectivity index (χ0v) is 12.1. The molecule has 0 bridgehead atoms. The van der Waals surface area contributed by atoms with Crippen LogP contribution in [0.3, 0.4) is 0 Å². The largest absolute Gasteiger partial charge is 0.478 e. The third-order valence-corrected chi connectivity index (χ3v) is 3.58. The molecule has 0 heterocycles. The van der Waals surface area contributed by atoms with Crippen molar-refractivity contribution in [2.24, 2.45) is 0 Å². The first kappa shape index (κ1) is 14.2. The predicted octanol–water partition coefficient (Wildman–Crippen LogP) is 5.32. The third kappa shape index (κ3) is 2.86. The minimum absolute atomic E-state index is 0.183. The third-order valence-electron chi connectivity index (χ3n) is 2.76. The molecule has 98 valence electrons. The summed E-state index contributed by atoms with van der Waals surface area (Å²) >= 11 is 18.2. The first-order chi connectivity index (χ1) is 8.90. The molecule has 0 fully saturated rings. The number of hydrogen-bond acceptors (Lipinski definition) is 1. The van der Waals surface area contributed by atoms with Crippen LogP contribution < -0.4 is 0 Å². The molecule has 0 aliphatic heterocycles. The van der Waals surface area contributed by atoms with E-state index in [9.17, 15) is 4.79 Å². The Morgan fingerprint density at radius 2 is 1.63 bits per heavy atom. The summed E-state index contributed by atoms with van der Waals surface area (Å²) in [5, 5.41) is 10.3. The van der Waals surface area contributed by atoms with Crippen LogP contribution in [0.4, 0.5) is 0 Å². The quantitative estimate of drug-likeness (QED) is 0.814. The summed E-state index contributed by atoms with van der Waals surface area (Å²) in [5.41, 5.74) is 2.35. The molecule has 0 atom stereocenters. The molecule has 0 unspecified atom stereocenters. The Bertz CT molecular complexity index is 643. The highest BCUT2D eigenvalue weighted by Gasteiger charge is 2.14. The fourth-order valence-corrected chi connectivity index (χ4v) is 2.84. The molecule has 2 rings (SSSR count). The maximum atomic E-state index is 11.0. The van der Waals surface area contributed by atoms with Crippen molar-refractivity contribution in [1.29, 1.82) is 0 Å². The molecule has 19 heavy (non-hydrogen) atoms. The Labute approximate surface area is 125 Å². The van der Waals surface area contributed by atoms with Crippen LogP contribution in [0.15, 0.2) is 30.3 Å². The summed E-state index contributed by atoms with van der Waals surface area (Å²) in [7, 11) is 0. The number of rotatable bonds is 2. The topological polar surface area (TPSA) is 37.3 Å². The van der Waals surface area contributed by atoms with Crippen LogP contribution >= 0.6 is 34.8 Å². The van der Waals surface area contributed by atoms with Gasteiger partial charge in [0.25, 0.3) is 0 Å². The molecule has 0 saturated heterocycles. The molecule has 0 aromatic heterocycles. The zero-order chi connectivity index (χ0) is 14.2. The lowest BCUT2D eigenvalue weighted by Gasteiger charge is -2.12. The lowest BCUT2D eigenvalue weighted by molar-refractivity contribution is 0.0697. The lowest BCUT2D eigenvalue weighted by Crippen LogP contribution is -1.97. The molecule has 0 aliphatic carbocycles. The van der Waals surface area contributed by atoms with Crippen molar-refractivity contribution in [1.82, 2.24) is 0 Å². The highest BCUT2D eigenvalue weighted by Crippen LogP contribution is 2.38. The lowest BCUT2D eigenvalue weighted by atomic mass is 9.98. The Balaban J connectivity index is 2.71. The van der Waals surface area contributed by atoms with Crippen LogP contribution in [0.5, 0.6) is 0 Å². The van der Waals surface area contributed by atoms with E-state index in [4.69, 9.17) is 39.9 Å². The van der Waals surface area contributed by atoms with E-state index in [1.807, 2.05) is 6.92 Å². The van der Waals surface area contributed by atoms with Gasteiger partial charge in [-0.2, -0.15) is 0 Å². The van der Waals surface area contributed by atoms with Gasteiger partial charge in [0.1, 0.15) is 0 Å². The average Bonchev–Trinajstić information content (AvgIpc) is 2.29. The van der Waals surface area contributed by atoms with Crippen molar-refractivity contribution in [3.05, 3.63) is 56.5 Å². The Morgan fingerprint density at radius 1 is 1.05 bits per heavy atom. The van der Waals surface area contributed by atoms with Gasteiger partial charge in [0, 0.05) is 10.6 Å². The van der Waals surface area contributed by atoms with Crippen molar-refractivity contribution in [3.63, 3.8) is 0 Å². The van der Waals surface area contributed by atoms with E-state index in [0.717, 1.165) is 5.56 Å². The summed E-state index contributed by atoms with van der Waals surface area (Å²) in [5.74, 6) is -0.998. The van der Waals surface area contributed by atoms with Crippen molar-refractivity contribution < 1.29 is 9.90 Å². The van der Waals surface area contributed by atoms with Crippen LogP contribution in [-0.4, -0.2) is 11.1 Å². The predicted molar refractivity (Wildman–Crippen MR) is 78.6 cm³/mol. The Morgan fingerprint density at radius 3 is 2.16 bits per heavy atom. The van der Waals surface area contributed by atoms with Gasteiger partial charge in [-0.25, -0.2) is 4.79 Å². The maximum absolute atomic E-state index is 11.0.